The van der Waals surface area contributed by atoms with Gasteiger partial charge in [-0.15, -0.1) is 0 Å². The van der Waals surface area contributed by atoms with E-state index in [9.17, 15) is 4.79 Å². The molecule has 4 rings (SSSR count). The minimum absolute atomic E-state index is 0.121. The monoisotopic (exact) mass is 393 g/mol. The van der Waals surface area contributed by atoms with Gasteiger partial charge in [0, 0.05) is 18.6 Å². The van der Waals surface area contributed by atoms with Crippen molar-refractivity contribution in [2.75, 3.05) is 0 Å². The predicted octanol–water partition coefficient (Wildman–Crippen LogP) is 4.32. The quantitative estimate of drug-likeness (QED) is 0.456. The zero-order valence-electron chi connectivity index (χ0n) is 14.8. The highest BCUT2D eigenvalue weighted by atomic mass is 35.5. The van der Waals surface area contributed by atoms with Gasteiger partial charge < -0.3 is 9.47 Å². The van der Waals surface area contributed by atoms with E-state index in [1.165, 1.54) is 0 Å². The van der Waals surface area contributed by atoms with Gasteiger partial charge in [-0.05, 0) is 47.5 Å². The van der Waals surface area contributed by atoms with Crippen molar-refractivity contribution in [2.24, 2.45) is 0 Å². The number of rotatable bonds is 6. The number of hydrogen-bond acceptors (Lipinski definition) is 5. The lowest BCUT2D eigenvalue weighted by atomic mass is 10.2. The van der Waals surface area contributed by atoms with E-state index in [0.29, 0.717) is 12.3 Å². The third-order valence-electron chi connectivity index (χ3n) is 4.13. The lowest BCUT2D eigenvalue weighted by molar-refractivity contribution is 0.0464. The molecule has 140 valence electrons. The average Bonchev–Trinajstić information content (AvgIpc) is 3.08. The molecular weight excluding hydrogens is 378 g/mol. The highest BCUT2D eigenvalue weighted by molar-refractivity contribution is 6.32. The standard InChI is InChI=1S/C21H16ClN3O3/c22-20-19(25-12-2-1-3-18(25)24-20)21(26)28-14-15-4-6-17(7-5-15)27-13-16-8-10-23-11-9-16/h1-12H,13-14H2. The molecule has 0 amide bonds. The smallest absolute Gasteiger partial charge is 0.358 e. The number of ether oxygens (including phenoxy) is 2. The Morgan fingerprint density at radius 1 is 0.964 bits per heavy atom. The van der Waals surface area contributed by atoms with Crippen LogP contribution in [-0.4, -0.2) is 20.3 Å². The van der Waals surface area contributed by atoms with Crippen molar-refractivity contribution < 1.29 is 14.3 Å². The van der Waals surface area contributed by atoms with E-state index in [1.807, 2.05) is 42.5 Å². The first-order valence-corrected chi connectivity index (χ1v) is 8.99. The van der Waals surface area contributed by atoms with Crippen LogP contribution in [0, 0.1) is 0 Å². The molecule has 0 radical (unpaired) electrons. The molecule has 0 saturated heterocycles. The number of fused-ring (bicyclic) bond motifs is 1. The molecule has 28 heavy (non-hydrogen) atoms. The maximum atomic E-state index is 12.4. The average molecular weight is 394 g/mol. The van der Waals surface area contributed by atoms with Crippen molar-refractivity contribution in [3.8, 4) is 5.75 Å². The Morgan fingerprint density at radius 2 is 1.71 bits per heavy atom. The Bertz CT molecular complexity index is 1100. The molecule has 1 aromatic carbocycles. The number of pyridine rings is 2. The van der Waals surface area contributed by atoms with Crippen LogP contribution in [-0.2, 0) is 18.0 Å². The molecule has 0 N–H and O–H groups in total. The minimum Gasteiger partial charge on any atom is -0.489 e. The number of aromatic nitrogens is 3. The molecule has 0 aliphatic carbocycles. The summed E-state index contributed by atoms with van der Waals surface area (Å²) in [5, 5.41) is 0.121. The summed E-state index contributed by atoms with van der Waals surface area (Å²) in [6, 6.07) is 16.6. The van der Waals surface area contributed by atoms with E-state index in [0.717, 1.165) is 16.9 Å². The molecule has 0 saturated carbocycles. The molecule has 0 aliphatic rings. The summed E-state index contributed by atoms with van der Waals surface area (Å²) in [4.78, 5) is 20.6. The number of esters is 1. The summed E-state index contributed by atoms with van der Waals surface area (Å²) in [5.41, 5.74) is 2.69. The van der Waals surface area contributed by atoms with E-state index in [1.54, 1.807) is 35.1 Å². The number of halogens is 1. The molecular formula is C21H16ClN3O3. The van der Waals surface area contributed by atoms with E-state index < -0.39 is 5.97 Å². The Labute approximate surface area is 166 Å². The van der Waals surface area contributed by atoms with Crippen LogP contribution in [0.2, 0.25) is 5.15 Å². The van der Waals surface area contributed by atoms with Gasteiger partial charge in [-0.3, -0.25) is 9.38 Å². The van der Waals surface area contributed by atoms with Crippen molar-refractivity contribution in [3.05, 3.63) is 95.2 Å². The molecule has 0 aliphatic heterocycles. The van der Waals surface area contributed by atoms with Crippen molar-refractivity contribution in [3.63, 3.8) is 0 Å². The first-order valence-electron chi connectivity index (χ1n) is 8.61. The second-order valence-electron chi connectivity index (χ2n) is 6.04. The van der Waals surface area contributed by atoms with Gasteiger partial charge in [0.05, 0.1) is 0 Å². The highest BCUT2D eigenvalue weighted by Crippen LogP contribution is 2.20. The Hall–Kier alpha value is -3.38. The molecule has 4 aromatic rings. The van der Waals surface area contributed by atoms with E-state index in [2.05, 4.69) is 9.97 Å². The van der Waals surface area contributed by atoms with Crippen molar-refractivity contribution in [1.29, 1.82) is 0 Å². The molecule has 7 heteroatoms. The second-order valence-corrected chi connectivity index (χ2v) is 6.40. The topological polar surface area (TPSA) is 65.7 Å². The number of carbonyl (C=O) groups excluding carboxylic acids is 1. The minimum atomic E-state index is -0.526. The fourth-order valence-corrected chi connectivity index (χ4v) is 2.95. The van der Waals surface area contributed by atoms with Crippen LogP contribution < -0.4 is 4.74 Å². The number of carbonyl (C=O) groups is 1. The maximum absolute atomic E-state index is 12.4. The summed E-state index contributed by atoms with van der Waals surface area (Å²) in [6.45, 7) is 0.587. The number of imidazole rings is 1. The van der Waals surface area contributed by atoms with E-state index in [4.69, 9.17) is 21.1 Å². The van der Waals surface area contributed by atoms with Crippen LogP contribution in [0.15, 0.2) is 73.2 Å². The zero-order chi connectivity index (χ0) is 19.3. The molecule has 6 nitrogen and oxygen atoms in total. The Kier molecular flexibility index (Phi) is 5.21. The maximum Gasteiger partial charge on any atom is 0.358 e. The van der Waals surface area contributed by atoms with Crippen LogP contribution in [0.1, 0.15) is 21.6 Å². The number of benzene rings is 1. The highest BCUT2D eigenvalue weighted by Gasteiger charge is 2.19. The third-order valence-corrected chi connectivity index (χ3v) is 4.39. The van der Waals surface area contributed by atoms with Crippen LogP contribution in [0.5, 0.6) is 5.75 Å². The summed E-state index contributed by atoms with van der Waals surface area (Å²) in [5.74, 6) is 0.207. The number of hydrogen-bond donors (Lipinski definition) is 0. The number of nitrogens with zero attached hydrogens (tertiary/aromatic N) is 3. The third kappa shape index (κ3) is 3.97. The predicted molar refractivity (Wildman–Crippen MR) is 104 cm³/mol. The second kappa shape index (κ2) is 8.10. The van der Waals surface area contributed by atoms with Crippen LogP contribution in [0.25, 0.3) is 5.65 Å². The van der Waals surface area contributed by atoms with Crippen LogP contribution in [0.4, 0.5) is 0 Å². The molecule has 3 aromatic heterocycles. The van der Waals surface area contributed by atoms with E-state index in [-0.39, 0.29) is 17.5 Å². The van der Waals surface area contributed by atoms with Crippen molar-refractivity contribution in [1.82, 2.24) is 14.4 Å². The van der Waals surface area contributed by atoms with Gasteiger partial charge in [-0.1, -0.05) is 29.8 Å². The molecule has 0 fully saturated rings. The summed E-state index contributed by atoms with van der Waals surface area (Å²) >= 11 is 6.10. The van der Waals surface area contributed by atoms with Crippen LogP contribution in [0.3, 0.4) is 0 Å². The van der Waals surface area contributed by atoms with Gasteiger partial charge in [0.15, 0.2) is 10.8 Å². The van der Waals surface area contributed by atoms with Gasteiger partial charge in [0.2, 0.25) is 0 Å². The van der Waals surface area contributed by atoms with Gasteiger partial charge in [0.1, 0.15) is 24.6 Å². The first-order chi connectivity index (χ1) is 13.7. The first kappa shape index (κ1) is 18.0. The SMILES string of the molecule is O=C(OCc1ccc(OCc2ccncc2)cc1)c1c(Cl)nc2ccccn12. The summed E-state index contributed by atoms with van der Waals surface area (Å²) < 4.78 is 12.7. The molecule has 0 spiro atoms. The lowest BCUT2D eigenvalue weighted by Gasteiger charge is -2.08. The zero-order valence-corrected chi connectivity index (χ0v) is 15.5. The Morgan fingerprint density at radius 3 is 2.50 bits per heavy atom. The normalized spacial score (nSPS) is 10.8. The van der Waals surface area contributed by atoms with Gasteiger partial charge >= 0.3 is 5.97 Å². The Balaban J connectivity index is 1.37. The molecule has 0 unspecified atom stereocenters. The fourth-order valence-electron chi connectivity index (χ4n) is 2.69. The van der Waals surface area contributed by atoms with Crippen LogP contribution >= 0.6 is 11.6 Å². The molecule has 0 atom stereocenters. The lowest BCUT2D eigenvalue weighted by Crippen LogP contribution is -2.09. The van der Waals surface area contributed by atoms with Crippen molar-refractivity contribution in [2.45, 2.75) is 13.2 Å². The summed E-state index contributed by atoms with van der Waals surface area (Å²) in [7, 11) is 0. The van der Waals surface area contributed by atoms with E-state index >= 15 is 0 Å². The van der Waals surface area contributed by atoms with Crippen molar-refractivity contribution >= 4 is 23.2 Å². The van der Waals surface area contributed by atoms with Gasteiger partial charge in [-0.2, -0.15) is 0 Å². The molecule has 3 heterocycles. The van der Waals surface area contributed by atoms with Gasteiger partial charge in [-0.25, -0.2) is 9.78 Å². The fraction of sp³-hybridized carbons (Fsp3) is 0.0952. The van der Waals surface area contributed by atoms with Gasteiger partial charge in [0.25, 0.3) is 0 Å². The summed E-state index contributed by atoms with van der Waals surface area (Å²) in [6.07, 6.45) is 5.18. The molecule has 0 bridgehead atoms. The largest absolute Gasteiger partial charge is 0.489 e.